The number of hydrazine groups is 1. The largest absolute Gasteiger partial charge is 0.273 e. The number of aromatic nitrogens is 2. The van der Waals surface area contributed by atoms with Gasteiger partial charge in [-0.05, 0) is 42.7 Å². The highest BCUT2D eigenvalue weighted by atomic mass is 32.2. The molecule has 0 saturated carbocycles. The second-order valence-electron chi connectivity index (χ2n) is 5.97. The minimum Gasteiger partial charge on any atom is -0.273 e. The van der Waals surface area contributed by atoms with Crippen LogP contribution in [0.15, 0.2) is 42.7 Å². The van der Waals surface area contributed by atoms with Gasteiger partial charge in [0.1, 0.15) is 0 Å². The zero-order valence-corrected chi connectivity index (χ0v) is 14.2. The first-order valence-corrected chi connectivity index (χ1v) is 9.65. The van der Waals surface area contributed by atoms with E-state index in [1.165, 1.54) is 0 Å². The number of carbonyl (C=O) groups excluding carboxylic acids is 2. The van der Waals surface area contributed by atoms with Crippen LogP contribution >= 0.6 is 0 Å². The monoisotopic (exact) mass is 362 g/mol. The van der Waals surface area contributed by atoms with Crippen molar-refractivity contribution in [3.63, 3.8) is 0 Å². The smallest absolute Gasteiger partial charge is 0.269 e. The van der Waals surface area contributed by atoms with E-state index in [4.69, 9.17) is 0 Å². The first-order valence-electron chi connectivity index (χ1n) is 7.83. The van der Waals surface area contributed by atoms with Gasteiger partial charge in [-0.15, -0.1) is 0 Å². The number of carbonyl (C=O) groups is 2. The van der Waals surface area contributed by atoms with Crippen molar-refractivity contribution < 1.29 is 18.0 Å². The summed E-state index contributed by atoms with van der Waals surface area (Å²) in [6.45, 7) is 0. The van der Waals surface area contributed by atoms with Crippen molar-refractivity contribution >= 4 is 21.7 Å². The molecule has 1 fully saturated rings. The van der Waals surface area contributed by atoms with Gasteiger partial charge >= 0.3 is 0 Å². The van der Waals surface area contributed by atoms with Crippen molar-refractivity contribution in [1.29, 1.82) is 0 Å². The molecular weight excluding hydrogens is 344 g/mol. The van der Waals surface area contributed by atoms with Crippen LogP contribution in [0.2, 0.25) is 0 Å². The molecular formula is C16H18N4O4S. The lowest BCUT2D eigenvalue weighted by Crippen LogP contribution is -2.42. The summed E-state index contributed by atoms with van der Waals surface area (Å²) < 4.78 is 24.4. The van der Waals surface area contributed by atoms with Crippen LogP contribution in [0.4, 0.5) is 0 Å². The van der Waals surface area contributed by atoms with Crippen LogP contribution in [0, 0.1) is 5.92 Å². The van der Waals surface area contributed by atoms with Crippen LogP contribution in [0.1, 0.15) is 23.2 Å². The van der Waals surface area contributed by atoms with Gasteiger partial charge in [0.15, 0.2) is 9.84 Å². The zero-order valence-electron chi connectivity index (χ0n) is 13.4. The Kier molecular flexibility index (Phi) is 4.84. The summed E-state index contributed by atoms with van der Waals surface area (Å²) in [5, 5.41) is 4.10. The molecule has 1 aliphatic heterocycles. The quantitative estimate of drug-likeness (QED) is 0.768. The Bertz CT molecular complexity index is 860. The minimum atomic E-state index is -3.01. The van der Waals surface area contributed by atoms with Gasteiger partial charge in [0, 0.05) is 24.4 Å². The second-order valence-corrected chi connectivity index (χ2v) is 8.20. The Morgan fingerprint density at radius 1 is 1.20 bits per heavy atom. The SMILES string of the molecule is O=C(C[C@H]1CCS(=O)(=O)C1)NNC(=O)c1ccc(-n2cccn2)cc1. The fourth-order valence-electron chi connectivity index (χ4n) is 2.73. The van der Waals surface area contributed by atoms with Crippen molar-refractivity contribution in [2.24, 2.45) is 5.92 Å². The van der Waals surface area contributed by atoms with Crippen molar-refractivity contribution in [3.8, 4) is 5.69 Å². The third-order valence-electron chi connectivity index (χ3n) is 4.01. The summed E-state index contributed by atoms with van der Waals surface area (Å²) in [4.78, 5) is 23.9. The van der Waals surface area contributed by atoms with E-state index in [0.29, 0.717) is 12.0 Å². The van der Waals surface area contributed by atoms with Crippen molar-refractivity contribution in [2.75, 3.05) is 11.5 Å². The molecule has 0 bridgehead atoms. The molecule has 0 radical (unpaired) electrons. The minimum absolute atomic E-state index is 0.0310. The van der Waals surface area contributed by atoms with Gasteiger partial charge in [0.25, 0.3) is 5.91 Å². The Morgan fingerprint density at radius 3 is 2.56 bits per heavy atom. The summed E-state index contributed by atoms with van der Waals surface area (Å²) >= 11 is 0. The van der Waals surface area contributed by atoms with E-state index in [1.54, 1.807) is 47.4 Å². The summed E-state index contributed by atoms with van der Waals surface area (Å²) in [5.41, 5.74) is 5.87. The van der Waals surface area contributed by atoms with Crippen LogP contribution in [0.3, 0.4) is 0 Å². The molecule has 25 heavy (non-hydrogen) atoms. The number of hydrogen-bond acceptors (Lipinski definition) is 5. The van der Waals surface area contributed by atoms with Crippen molar-refractivity contribution in [2.45, 2.75) is 12.8 Å². The second kappa shape index (κ2) is 7.06. The first-order chi connectivity index (χ1) is 11.9. The van der Waals surface area contributed by atoms with E-state index >= 15 is 0 Å². The lowest BCUT2D eigenvalue weighted by Gasteiger charge is -2.10. The maximum absolute atomic E-state index is 12.0. The highest BCUT2D eigenvalue weighted by Crippen LogP contribution is 2.21. The van der Waals surface area contributed by atoms with Gasteiger partial charge in [0.05, 0.1) is 17.2 Å². The standard InChI is InChI=1S/C16H18N4O4S/c21-15(10-12-6-9-25(23,24)11-12)18-19-16(22)13-2-4-14(5-3-13)20-8-1-7-17-20/h1-5,7-8,12H,6,9-11H2,(H,18,21)(H,19,22)/t12-/m1/s1. The molecule has 2 aromatic rings. The fourth-order valence-corrected chi connectivity index (χ4v) is 4.59. The number of nitrogens with one attached hydrogen (secondary N) is 2. The number of sulfone groups is 1. The van der Waals surface area contributed by atoms with Gasteiger partial charge in [-0.2, -0.15) is 5.10 Å². The van der Waals surface area contributed by atoms with Gasteiger partial charge in [-0.3, -0.25) is 20.4 Å². The van der Waals surface area contributed by atoms with E-state index in [1.807, 2.05) is 0 Å². The molecule has 1 aliphatic rings. The Balaban J connectivity index is 1.50. The first kappa shape index (κ1) is 17.2. The summed E-state index contributed by atoms with van der Waals surface area (Å²) in [5.74, 6) is -0.873. The maximum Gasteiger partial charge on any atom is 0.269 e. The third kappa shape index (κ3) is 4.44. The van der Waals surface area contributed by atoms with Crippen molar-refractivity contribution in [1.82, 2.24) is 20.6 Å². The van der Waals surface area contributed by atoms with Crippen LogP contribution in [0.25, 0.3) is 5.69 Å². The van der Waals surface area contributed by atoms with E-state index in [-0.39, 0.29) is 23.8 Å². The number of nitrogens with zero attached hydrogens (tertiary/aromatic N) is 2. The van der Waals surface area contributed by atoms with Gasteiger partial charge in [0.2, 0.25) is 5.91 Å². The number of rotatable bonds is 4. The zero-order chi connectivity index (χ0) is 17.9. The van der Waals surface area contributed by atoms with Gasteiger partial charge in [-0.1, -0.05) is 0 Å². The lowest BCUT2D eigenvalue weighted by atomic mass is 10.1. The van der Waals surface area contributed by atoms with Crippen LogP contribution < -0.4 is 10.9 Å². The van der Waals surface area contributed by atoms with E-state index in [2.05, 4.69) is 16.0 Å². The molecule has 9 heteroatoms. The predicted molar refractivity (Wildman–Crippen MR) is 90.6 cm³/mol. The molecule has 0 aliphatic carbocycles. The van der Waals surface area contributed by atoms with Gasteiger partial charge in [-0.25, -0.2) is 13.1 Å². The fraction of sp³-hybridized carbons (Fsp3) is 0.312. The lowest BCUT2D eigenvalue weighted by molar-refractivity contribution is -0.122. The maximum atomic E-state index is 12.0. The molecule has 2 heterocycles. The van der Waals surface area contributed by atoms with Crippen LogP contribution in [-0.2, 0) is 14.6 Å². The summed E-state index contributed by atoms with van der Waals surface area (Å²) in [7, 11) is -3.01. The van der Waals surface area contributed by atoms with Crippen LogP contribution in [0.5, 0.6) is 0 Å². The molecule has 0 unspecified atom stereocenters. The number of amides is 2. The molecule has 132 valence electrons. The molecule has 2 amide bonds. The van der Waals surface area contributed by atoms with Crippen molar-refractivity contribution in [3.05, 3.63) is 48.3 Å². The molecule has 1 aromatic heterocycles. The number of benzene rings is 1. The topological polar surface area (TPSA) is 110 Å². The molecule has 1 atom stereocenters. The summed E-state index contributed by atoms with van der Waals surface area (Å²) in [6.07, 6.45) is 4.01. The molecule has 1 saturated heterocycles. The highest BCUT2D eigenvalue weighted by molar-refractivity contribution is 7.91. The Morgan fingerprint density at radius 2 is 1.96 bits per heavy atom. The Hall–Kier alpha value is -2.68. The van der Waals surface area contributed by atoms with Crippen LogP contribution in [-0.4, -0.2) is 41.5 Å². The average Bonchev–Trinajstić information content (AvgIpc) is 3.22. The average molecular weight is 362 g/mol. The Labute approximate surface area is 145 Å². The number of hydrogen-bond donors (Lipinski definition) is 2. The third-order valence-corrected chi connectivity index (χ3v) is 5.85. The molecule has 8 nitrogen and oxygen atoms in total. The van der Waals surface area contributed by atoms with E-state index < -0.39 is 21.7 Å². The molecule has 0 spiro atoms. The predicted octanol–water partition coefficient (Wildman–Crippen LogP) is 0.458. The van der Waals surface area contributed by atoms with E-state index in [9.17, 15) is 18.0 Å². The summed E-state index contributed by atoms with van der Waals surface area (Å²) in [6, 6.07) is 8.54. The molecule has 2 N–H and O–H groups in total. The highest BCUT2D eigenvalue weighted by Gasteiger charge is 2.29. The molecule has 1 aromatic carbocycles. The normalized spacial score (nSPS) is 18.6. The molecule has 3 rings (SSSR count). The van der Waals surface area contributed by atoms with E-state index in [0.717, 1.165) is 5.69 Å². The van der Waals surface area contributed by atoms with Gasteiger partial charge < -0.3 is 0 Å².